The first-order valence-corrected chi connectivity index (χ1v) is 10.9. The van der Waals surface area contributed by atoms with Crippen LogP contribution in [-0.4, -0.2) is 28.3 Å². The number of amides is 1. The second kappa shape index (κ2) is 11.9. The zero-order chi connectivity index (χ0) is 22.8. The molecule has 6 nitrogen and oxygen atoms in total. The monoisotopic (exact) mass is 427 g/mol. The van der Waals surface area contributed by atoms with Gasteiger partial charge >= 0.3 is 0 Å². The smallest absolute Gasteiger partial charge is 0.248 e. The van der Waals surface area contributed by atoms with Gasteiger partial charge in [0.2, 0.25) is 11.7 Å². The van der Waals surface area contributed by atoms with Crippen LogP contribution in [0.2, 0.25) is 0 Å². The van der Waals surface area contributed by atoms with Crippen LogP contribution in [0.25, 0.3) is 6.08 Å². The number of nitrogens with one attached hydrogen (secondary N) is 1. The second-order valence-corrected chi connectivity index (χ2v) is 7.32. The Kier molecular flexibility index (Phi) is 9.25. The van der Waals surface area contributed by atoms with Crippen molar-refractivity contribution in [2.75, 3.05) is 5.32 Å². The molecule has 2 aromatic carbocycles. The molecule has 2 rings (SSSR count). The van der Waals surface area contributed by atoms with Gasteiger partial charge in [-0.25, -0.2) is 0 Å². The molecule has 0 unspecified atom stereocenters. The Balaban J connectivity index is 2.30. The topological polar surface area (TPSA) is 88.0 Å². The van der Waals surface area contributed by atoms with E-state index >= 15 is 0 Å². The van der Waals surface area contributed by atoms with Crippen LogP contribution in [0.4, 0.5) is 5.69 Å². The molecular formula is C25H33NO5. The quantitative estimate of drug-likeness (QED) is 0.308. The highest BCUT2D eigenvalue weighted by Crippen LogP contribution is 2.40. The van der Waals surface area contributed by atoms with Crippen LogP contribution in [0.1, 0.15) is 58.9 Å². The summed E-state index contributed by atoms with van der Waals surface area (Å²) >= 11 is 0. The number of para-hydroxylation sites is 2. The summed E-state index contributed by atoms with van der Waals surface area (Å²) in [5.41, 5.74) is 0.991. The van der Waals surface area contributed by atoms with Crippen molar-refractivity contribution in [3.05, 3.63) is 48.0 Å². The summed E-state index contributed by atoms with van der Waals surface area (Å²) < 4.78 is 12.0. The summed E-state index contributed by atoms with van der Waals surface area (Å²) in [7, 11) is 0. The Hall–Kier alpha value is -3.15. The second-order valence-electron chi connectivity index (χ2n) is 7.32. The fourth-order valence-corrected chi connectivity index (χ4v) is 3.07. The number of anilines is 1. The van der Waals surface area contributed by atoms with E-state index in [9.17, 15) is 15.0 Å². The maximum atomic E-state index is 12.3. The highest BCUT2D eigenvalue weighted by Gasteiger charge is 2.17. The molecule has 31 heavy (non-hydrogen) atoms. The van der Waals surface area contributed by atoms with Gasteiger partial charge in [0.1, 0.15) is 5.75 Å². The molecule has 0 aromatic heterocycles. The minimum Gasteiger partial charge on any atom is -0.506 e. The SMILES string of the molecule is CCC(CC)Oc1cc(/C=C/C(=O)Nc2ccccc2O)cc(OC(CC)CC)c1O. The summed E-state index contributed by atoms with van der Waals surface area (Å²) in [6.45, 7) is 8.11. The minimum atomic E-state index is -0.389. The van der Waals surface area contributed by atoms with Gasteiger partial charge in [0.25, 0.3) is 0 Å². The van der Waals surface area contributed by atoms with Crippen LogP contribution in [-0.2, 0) is 4.79 Å². The van der Waals surface area contributed by atoms with Gasteiger partial charge in [-0.3, -0.25) is 4.79 Å². The Morgan fingerprint density at radius 1 is 0.935 bits per heavy atom. The van der Waals surface area contributed by atoms with E-state index in [1.807, 2.05) is 27.7 Å². The zero-order valence-corrected chi connectivity index (χ0v) is 18.7. The van der Waals surface area contributed by atoms with Crippen molar-refractivity contribution >= 4 is 17.7 Å². The maximum Gasteiger partial charge on any atom is 0.248 e. The molecule has 3 N–H and O–H groups in total. The third kappa shape index (κ3) is 6.95. The number of carbonyl (C=O) groups is 1. The summed E-state index contributed by atoms with van der Waals surface area (Å²) in [5, 5.41) is 23.2. The summed E-state index contributed by atoms with van der Waals surface area (Å²) in [4.78, 5) is 12.3. The van der Waals surface area contributed by atoms with E-state index < -0.39 is 0 Å². The molecule has 168 valence electrons. The van der Waals surface area contributed by atoms with Crippen LogP contribution < -0.4 is 14.8 Å². The number of ether oxygens (including phenoxy) is 2. The number of carbonyl (C=O) groups excluding carboxylic acids is 1. The van der Waals surface area contributed by atoms with Gasteiger partial charge in [-0.05, 0) is 61.6 Å². The van der Waals surface area contributed by atoms with Crippen molar-refractivity contribution in [2.24, 2.45) is 0 Å². The minimum absolute atomic E-state index is 0.00407. The molecule has 6 heteroatoms. The largest absolute Gasteiger partial charge is 0.506 e. The van der Waals surface area contributed by atoms with E-state index in [1.165, 1.54) is 12.1 Å². The van der Waals surface area contributed by atoms with Crippen LogP contribution in [0.5, 0.6) is 23.0 Å². The normalized spacial score (nSPS) is 11.3. The summed E-state index contributed by atoms with van der Waals surface area (Å²) in [6.07, 6.45) is 6.15. The number of phenolic OH excluding ortho intramolecular Hbond substituents is 2. The number of benzene rings is 2. The molecule has 1 amide bonds. The third-order valence-electron chi connectivity index (χ3n) is 5.06. The Labute approximate surface area is 184 Å². The van der Waals surface area contributed by atoms with Gasteiger partial charge in [0.15, 0.2) is 11.5 Å². The van der Waals surface area contributed by atoms with Gasteiger partial charge < -0.3 is 25.0 Å². The first-order chi connectivity index (χ1) is 14.9. The van der Waals surface area contributed by atoms with Crippen LogP contribution >= 0.6 is 0 Å². The number of rotatable bonds is 11. The molecule has 0 saturated carbocycles. The molecule has 0 heterocycles. The number of aromatic hydroxyl groups is 2. The Bertz CT molecular complexity index is 850. The lowest BCUT2D eigenvalue weighted by Gasteiger charge is -2.21. The van der Waals surface area contributed by atoms with Gasteiger partial charge in [-0.2, -0.15) is 0 Å². The molecule has 0 spiro atoms. The van der Waals surface area contributed by atoms with Crippen molar-refractivity contribution in [1.82, 2.24) is 0 Å². The lowest BCUT2D eigenvalue weighted by atomic mass is 10.1. The zero-order valence-electron chi connectivity index (χ0n) is 18.7. The number of hydrogen-bond donors (Lipinski definition) is 3. The molecule has 2 aromatic rings. The lowest BCUT2D eigenvalue weighted by molar-refractivity contribution is -0.111. The van der Waals surface area contributed by atoms with Crippen molar-refractivity contribution in [3.63, 3.8) is 0 Å². The molecule has 0 aliphatic carbocycles. The van der Waals surface area contributed by atoms with E-state index in [2.05, 4.69) is 5.32 Å². The number of phenols is 2. The summed E-state index contributed by atoms with van der Waals surface area (Å²) in [5.74, 6) is 0.237. The van der Waals surface area contributed by atoms with E-state index in [1.54, 1.807) is 36.4 Å². The van der Waals surface area contributed by atoms with Crippen LogP contribution in [0, 0.1) is 0 Å². The molecular weight excluding hydrogens is 394 g/mol. The standard InChI is InChI=1S/C25H33NO5/c1-5-18(6-2)30-22-15-17(16-23(25(22)29)31-19(7-3)8-4)13-14-24(28)26-20-11-9-10-12-21(20)27/h9-16,18-19,27,29H,5-8H2,1-4H3,(H,26,28)/b14-13+. The molecule has 0 radical (unpaired) electrons. The summed E-state index contributed by atoms with van der Waals surface area (Å²) in [6, 6.07) is 9.91. The van der Waals surface area contributed by atoms with E-state index in [-0.39, 0.29) is 29.6 Å². The highest BCUT2D eigenvalue weighted by atomic mass is 16.5. The fraction of sp³-hybridized carbons (Fsp3) is 0.400. The van der Waals surface area contributed by atoms with Crippen molar-refractivity contribution < 1.29 is 24.5 Å². The van der Waals surface area contributed by atoms with Gasteiger partial charge in [0.05, 0.1) is 17.9 Å². The van der Waals surface area contributed by atoms with Crippen molar-refractivity contribution in [2.45, 2.75) is 65.6 Å². The van der Waals surface area contributed by atoms with Gasteiger partial charge in [-0.15, -0.1) is 0 Å². The maximum absolute atomic E-state index is 12.3. The van der Waals surface area contributed by atoms with Crippen LogP contribution in [0.15, 0.2) is 42.5 Å². The molecule has 0 atom stereocenters. The van der Waals surface area contributed by atoms with Crippen molar-refractivity contribution in [1.29, 1.82) is 0 Å². The first kappa shape index (κ1) is 24.1. The van der Waals surface area contributed by atoms with Gasteiger partial charge in [0, 0.05) is 6.08 Å². The first-order valence-electron chi connectivity index (χ1n) is 10.9. The Morgan fingerprint density at radius 3 is 1.94 bits per heavy atom. The predicted molar refractivity (Wildman–Crippen MR) is 124 cm³/mol. The van der Waals surface area contributed by atoms with E-state index in [4.69, 9.17) is 9.47 Å². The fourth-order valence-electron chi connectivity index (χ4n) is 3.07. The molecule has 0 saturated heterocycles. The lowest BCUT2D eigenvalue weighted by Crippen LogP contribution is -2.16. The molecule has 0 fully saturated rings. The number of hydrogen-bond acceptors (Lipinski definition) is 5. The predicted octanol–water partition coefficient (Wildman–Crippen LogP) is 5.88. The van der Waals surface area contributed by atoms with Gasteiger partial charge in [-0.1, -0.05) is 39.8 Å². The van der Waals surface area contributed by atoms with Crippen LogP contribution in [0.3, 0.4) is 0 Å². The average molecular weight is 428 g/mol. The van der Waals surface area contributed by atoms with Crippen molar-refractivity contribution in [3.8, 4) is 23.0 Å². The average Bonchev–Trinajstić information content (AvgIpc) is 2.78. The van der Waals surface area contributed by atoms with E-state index in [0.717, 1.165) is 25.7 Å². The van der Waals surface area contributed by atoms with E-state index in [0.29, 0.717) is 22.7 Å². The molecule has 0 aliphatic heterocycles. The Morgan fingerprint density at radius 2 is 1.45 bits per heavy atom. The molecule has 0 bridgehead atoms. The molecule has 0 aliphatic rings. The third-order valence-corrected chi connectivity index (χ3v) is 5.06. The highest BCUT2D eigenvalue weighted by molar-refractivity contribution is 6.02.